The van der Waals surface area contributed by atoms with E-state index in [2.05, 4.69) is 33.2 Å². The van der Waals surface area contributed by atoms with Crippen molar-refractivity contribution in [2.45, 2.75) is 38.6 Å². The maximum Gasteiger partial charge on any atom is 0.227 e. The van der Waals surface area contributed by atoms with Crippen molar-refractivity contribution in [3.8, 4) is 11.4 Å². The predicted molar refractivity (Wildman–Crippen MR) is 107 cm³/mol. The minimum absolute atomic E-state index is 0.648. The first-order valence-corrected chi connectivity index (χ1v) is 9.75. The number of rotatable bonds is 6. The largest absolute Gasteiger partial charge is 0.399 e. The van der Waals surface area contributed by atoms with Gasteiger partial charge in [-0.1, -0.05) is 48.0 Å². The molecule has 2 N–H and O–H groups in total. The Bertz CT molecular complexity index is 883. The summed E-state index contributed by atoms with van der Waals surface area (Å²) in [5, 5.41) is 4.18. The van der Waals surface area contributed by atoms with Crippen LogP contribution in [0.1, 0.15) is 36.3 Å². The molecule has 0 unspecified atom stereocenters. The van der Waals surface area contributed by atoms with Crippen molar-refractivity contribution in [1.29, 1.82) is 0 Å². The third kappa shape index (κ3) is 4.55. The molecule has 140 valence electrons. The van der Waals surface area contributed by atoms with Gasteiger partial charge < -0.3 is 10.3 Å². The lowest BCUT2D eigenvalue weighted by Gasteiger charge is -2.26. The third-order valence-electron chi connectivity index (χ3n) is 5.17. The molecule has 4 rings (SSSR count). The van der Waals surface area contributed by atoms with Crippen molar-refractivity contribution in [2.75, 3.05) is 18.8 Å². The second-order valence-electron chi connectivity index (χ2n) is 7.25. The number of anilines is 1. The zero-order valence-corrected chi connectivity index (χ0v) is 15.6. The molecule has 5 nitrogen and oxygen atoms in total. The van der Waals surface area contributed by atoms with Gasteiger partial charge >= 0.3 is 0 Å². The Morgan fingerprint density at radius 1 is 0.963 bits per heavy atom. The van der Waals surface area contributed by atoms with Crippen molar-refractivity contribution in [3.63, 3.8) is 0 Å². The lowest BCUT2D eigenvalue weighted by molar-refractivity contribution is 0.221. The summed E-state index contributed by atoms with van der Waals surface area (Å²) < 4.78 is 5.46. The molecule has 27 heavy (non-hydrogen) atoms. The number of nitrogens with zero attached hydrogens (tertiary/aromatic N) is 3. The molecule has 1 aliphatic heterocycles. The molecular weight excluding hydrogens is 336 g/mol. The first-order chi connectivity index (χ1) is 13.3. The van der Waals surface area contributed by atoms with E-state index in [1.807, 2.05) is 30.3 Å². The molecule has 5 heteroatoms. The van der Waals surface area contributed by atoms with Crippen molar-refractivity contribution in [3.05, 3.63) is 65.5 Å². The van der Waals surface area contributed by atoms with Crippen molar-refractivity contribution >= 4 is 5.69 Å². The summed E-state index contributed by atoms with van der Waals surface area (Å²) >= 11 is 0. The fourth-order valence-electron chi connectivity index (χ4n) is 3.66. The van der Waals surface area contributed by atoms with E-state index in [9.17, 15) is 0 Å². The van der Waals surface area contributed by atoms with Crippen LogP contribution in [0.15, 0.2) is 53.1 Å². The second kappa shape index (κ2) is 8.35. The predicted octanol–water partition coefficient (Wildman–Crippen LogP) is 4.09. The summed E-state index contributed by atoms with van der Waals surface area (Å²) in [6.45, 7) is 3.38. The molecule has 0 spiro atoms. The molecule has 0 amide bonds. The van der Waals surface area contributed by atoms with Crippen LogP contribution in [-0.4, -0.2) is 28.1 Å². The Labute approximate surface area is 160 Å². The number of piperidine rings is 1. The molecule has 0 bridgehead atoms. The van der Waals surface area contributed by atoms with Crippen LogP contribution in [0.25, 0.3) is 11.4 Å². The van der Waals surface area contributed by atoms with Crippen LogP contribution < -0.4 is 5.73 Å². The second-order valence-corrected chi connectivity index (χ2v) is 7.25. The van der Waals surface area contributed by atoms with Gasteiger partial charge in [-0.15, -0.1) is 0 Å². The highest BCUT2D eigenvalue weighted by Gasteiger charge is 2.13. The maximum atomic E-state index is 6.00. The quantitative estimate of drug-likeness (QED) is 0.669. The van der Waals surface area contributed by atoms with Gasteiger partial charge in [-0.05, 0) is 55.6 Å². The Morgan fingerprint density at radius 2 is 1.81 bits per heavy atom. The average molecular weight is 362 g/mol. The first-order valence-electron chi connectivity index (χ1n) is 9.75. The number of benzene rings is 2. The first kappa shape index (κ1) is 17.7. The molecule has 0 radical (unpaired) electrons. The van der Waals surface area contributed by atoms with Crippen molar-refractivity contribution in [1.82, 2.24) is 15.0 Å². The van der Waals surface area contributed by atoms with Gasteiger partial charge in [0.05, 0.1) is 0 Å². The number of hydrogen-bond acceptors (Lipinski definition) is 5. The molecule has 3 aromatic rings. The topological polar surface area (TPSA) is 68.2 Å². The van der Waals surface area contributed by atoms with Crippen LogP contribution in [-0.2, 0) is 19.4 Å². The SMILES string of the molecule is Nc1ccccc1CCc1nc(-c2cccc(CN3CCCCC3)c2)no1. The van der Waals surface area contributed by atoms with Gasteiger partial charge in [-0.2, -0.15) is 4.98 Å². The smallest absolute Gasteiger partial charge is 0.227 e. The van der Waals surface area contributed by atoms with E-state index >= 15 is 0 Å². The highest BCUT2D eigenvalue weighted by Crippen LogP contribution is 2.21. The van der Waals surface area contributed by atoms with Gasteiger partial charge in [0, 0.05) is 24.2 Å². The Kier molecular flexibility index (Phi) is 5.49. The maximum absolute atomic E-state index is 6.00. The van der Waals surface area contributed by atoms with Crippen LogP contribution in [0.3, 0.4) is 0 Å². The number of aromatic nitrogens is 2. The Hall–Kier alpha value is -2.66. The molecular formula is C22H26N4O. The zero-order valence-electron chi connectivity index (χ0n) is 15.6. The van der Waals surface area contributed by atoms with Crippen molar-refractivity contribution in [2.24, 2.45) is 0 Å². The van der Waals surface area contributed by atoms with Gasteiger partial charge in [0.1, 0.15) is 0 Å². The number of nitrogen functional groups attached to an aromatic ring is 1. The third-order valence-corrected chi connectivity index (χ3v) is 5.17. The summed E-state index contributed by atoms with van der Waals surface area (Å²) in [6, 6.07) is 16.4. The number of nitrogens with two attached hydrogens (primary N) is 1. The van der Waals surface area contributed by atoms with Gasteiger partial charge in [-0.25, -0.2) is 0 Å². The minimum atomic E-state index is 0.648. The highest BCUT2D eigenvalue weighted by atomic mass is 16.5. The molecule has 2 heterocycles. The van der Waals surface area contributed by atoms with Crippen LogP contribution in [0.5, 0.6) is 0 Å². The van der Waals surface area contributed by atoms with E-state index in [1.54, 1.807) is 0 Å². The molecule has 1 saturated heterocycles. The lowest BCUT2D eigenvalue weighted by atomic mass is 10.1. The van der Waals surface area contributed by atoms with Crippen LogP contribution in [0, 0.1) is 0 Å². The van der Waals surface area contributed by atoms with Crippen LogP contribution in [0.4, 0.5) is 5.69 Å². The summed E-state index contributed by atoms with van der Waals surface area (Å²) in [6.07, 6.45) is 5.45. The fourth-order valence-corrected chi connectivity index (χ4v) is 3.66. The van der Waals surface area contributed by atoms with Crippen molar-refractivity contribution < 1.29 is 4.52 Å². The number of likely N-dealkylation sites (tertiary alicyclic amines) is 1. The Morgan fingerprint density at radius 3 is 2.67 bits per heavy atom. The average Bonchev–Trinajstić information content (AvgIpc) is 3.18. The van der Waals surface area contributed by atoms with E-state index in [0.717, 1.165) is 29.8 Å². The van der Waals surface area contributed by atoms with Gasteiger partial charge in [-0.3, -0.25) is 4.90 Å². The monoisotopic (exact) mass is 362 g/mol. The summed E-state index contributed by atoms with van der Waals surface area (Å²) in [4.78, 5) is 7.10. The van der Waals surface area contributed by atoms with E-state index in [-0.39, 0.29) is 0 Å². The van der Waals surface area contributed by atoms with E-state index in [4.69, 9.17) is 10.3 Å². The molecule has 1 aromatic heterocycles. The Balaban J connectivity index is 1.42. The summed E-state index contributed by atoms with van der Waals surface area (Å²) in [5.41, 5.74) is 10.2. The molecule has 1 aliphatic rings. The summed E-state index contributed by atoms with van der Waals surface area (Å²) in [7, 11) is 0. The van der Waals surface area contributed by atoms with E-state index in [0.29, 0.717) is 18.1 Å². The van der Waals surface area contributed by atoms with Gasteiger partial charge in [0.25, 0.3) is 0 Å². The molecule has 0 aliphatic carbocycles. The number of para-hydroxylation sites is 1. The molecule has 0 saturated carbocycles. The standard InChI is InChI=1S/C22H26N4O/c23-20-10-3-2-8-18(20)11-12-21-24-22(25-27-21)19-9-6-7-17(15-19)16-26-13-4-1-5-14-26/h2-3,6-10,15H,1,4-5,11-14,16,23H2. The fraction of sp³-hybridized carbons (Fsp3) is 0.364. The molecule has 1 fully saturated rings. The molecule has 2 aromatic carbocycles. The van der Waals surface area contributed by atoms with Gasteiger partial charge in [0.2, 0.25) is 11.7 Å². The lowest BCUT2D eigenvalue weighted by Crippen LogP contribution is -2.29. The summed E-state index contributed by atoms with van der Waals surface area (Å²) in [5.74, 6) is 1.31. The zero-order chi connectivity index (χ0) is 18.5. The normalized spacial score (nSPS) is 15.1. The van der Waals surface area contributed by atoms with E-state index < -0.39 is 0 Å². The highest BCUT2D eigenvalue weighted by molar-refractivity contribution is 5.55. The van der Waals surface area contributed by atoms with Crippen LogP contribution in [0.2, 0.25) is 0 Å². The van der Waals surface area contributed by atoms with Crippen LogP contribution >= 0.6 is 0 Å². The van der Waals surface area contributed by atoms with E-state index in [1.165, 1.54) is 37.9 Å². The number of aryl methyl sites for hydroxylation is 2. The van der Waals surface area contributed by atoms with Gasteiger partial charge in [0.15, 0.2) is 0 Å². The minimum Gasteiger partial charge on any atom is -0.399 e. The number of hydrogen-bond donors (Lipinski definition) is 1. The molecule has 0 atom stereocenters.